The van der Waals surface area contributed by atoms with Gasteiger partial charge in [-0.2, -0.15) is 0 Å². The first-order valence-corrected chi connectivity index (χ1v) is 26.4. The van der Waals surface area contributed by atoms with Gasteiger partial charge in [-0.25, -0.2) is 0 Å². The molecule has 0 aromatic rings. The predicted octanol–water partition coefficient (Wildman–Crippen LogP) is 4.45. The molecule has 0 unspecified atom stereocenters. The van der Waals surface area contributed by atoms with Crippen LogP contribution in [0.5, 0.6) is 0 Å². The third-order valence-corrected chi connectivity index (χ3v) is 53.4. The molecule has 13 heavy (non-hydrogen) atoms. The fourth-order valence-corrected chi connectivity index (χ4v) is 80.1. The molecule has 0 saturated carbocycles. The summed E-state index contributed by atoms with van der Waals surface area (Å²) in [6.07, 6.45) is 0. The molecule has 0 radical (unpaired) electrons. The van der Waals surface area contributed by atoms with E-state index in [0.717, 1.165) is 0 Å². The molecule has 0 aromatic carbocycles. The van der Waals surface area contributed by atoms with Crippen LogP contribution in [0.2, 0.25) is 55.5 Å². The van der Waals surface area contributed by atoms with Gasteiger partial charge in [0.15, 0.2) is 0 Å². The van der Waals surface area contributed by atoms with Crippen LogP contribution < -0.4 is 0 Å². The first kappa shape index (κ1) is 14.4. The molecular weight excluding hydrogens is 383 g/mol. The Kier molecular flexibility index (Phi) is 4.51. The van der Waals surface area contributed by atoms with E-state index < -0.39 is 37.3 Å². The summed E-state index contributed by atoms with van der Waals surface area (Å²) in [7, 11) is -1.79. The molecular formula is C10H28PbSi2. The van der Waals surface area contributed by atoms with E-state index in [9.17, 15) is 0 Å². The maximum absolute atomic E-state index is 2.65. The second-order valence-corrected chi connectivity index (χ2v) is 43.9. The van der Waals surface area contributed by atoms with Crippen LogP contribution in [-0.2, 0) is 0 Å². The van der Waals surface area contributed by atoms with Gasteiger partial charge < -0.3 is 0 Å². The van der Waals surface area contributed by atoms with E-state index in [1.54, 1.807) is 0 Å². The zero-order valence-corrected chi connectivity index (χ0v) is 17.0. The summed E-state index contributed by atoms with van der Waals surface area (Å²) in [6, 6.07) is 0. The SMILES string of the molecule is C[Si](C)(C)[CH]([Si](C)(C)C)[Pb]([CH3])([CH3])[CH3]. The van der Waals surface area contributed by atoms with Crippen LogP contribution in [0.25, 0.3) is 0 Å². The summed E-state index contributed by atoms with van der Waals surface area (Å²) in [5.74, 6) is 0. The minimum atomic E-state index is -1.80. The Morgan fingerprint density at radius 3 is 0.923 bits per heavy atom. The van der Waals surface area contributed by atoms with Gasteiger partial charge in [0.05, 0.1) is 0 Å². The summed E-state index contributed by atoms with van der Waals surface area (Å²) in [5, 5.41) is 0. The Bertz CT molecular complexity index is 136. The Morgan fingerprint density at radius 1 is 0.692 bits per heavy atom. The van der Waals surface area contributed by atoms with Crippen molar-refractivity contribution in [3.05, 3.63) is 0 Å². The molecule has 0 nitrogen and oxygen atoms in total. The zero-order valence-electron chi connectivity index (χ0n) is 11.1. The van der Waals surface area contributed by atoms with Gasteiger partial charge in [0.1, 0.15) is 0 Å². The fourth-order valence-electron chi connectivity index (χ4n) is 3.90. The molecule has 0 amide bonds. The predicted molar refractivity (Wildman–Crippen MR) is 73.8 cm³/mol. The second-order valence-electron chi connectivity index (χ2n) is 7.53. The van der Waals surface area contributed by atoms with Crippen LogP contribution in [0.3, 0.4) is 0 Å². The molecule has 0 aromatic heterocycles. The van der Waals surface area contributed by atoms with Crippen LogP contribution in [0.1, 0.15) is 0 Å². The molecule has 0 aliphatic rings. The molecule has 0 heterocycles. The third kappa shape index (κ3) is 4.60. The molecule has 0 N–H and O–H groups in total. The van der Waals surface area contributed by atoms with E-state index in [-0.39, 0.29) is 0 Å². The van der Waals surface area contributed by atoms with Gasteiger partial charge in [-0.15, -0.1) is 0 Å². The van der Waals surface area contributed by atoms with Crippen molar-refractivity contribution >= 4 is 37.3 Å². The van der Waals surface area contributed by atoms with Crippen LogP contribution in [0.15, 0.2) is 0 Å². The van der Waals surface area contributed by atoms with E-state index >= 15 is 0 Å². The molecule has 0 bridgehead atoms. The van der Waals surface area contributed by atoms with E-state index in [1.165, 1.54) is 2.72 Å². The molecule has 0 aliphatic carbocycles. The minimum absolute atomic E-state index is 0.897. The monoisotopic (exact) mass is 412 g/mol. The Labute approximate surface area is 92.2 Å². The summed E-state index contributed by atoms with van der Waals surface area (Å²) < 4.78 is 9.17. The van der Waals surface area contributed by atoms with E-state index in [2.05, 4.69) is 52.7 Å². The summed E-state index contributed by atoms with van der Waals surface area (Å²) in [5.41, 5.74) is 0. The second kappa shape index (κ2) is 4.08. The van der Waals surface area contributed by atoms with E-state index in [0.29, 0.717) is 0 Å². The maximum atomic E-state index is 2.65. The van der Waals surface area contributed by atoms with Crippen LogP contribution >= 0.6 is 0 Å². The molecule has 80 valence electrons. The van der Waals surface area contributed by atoms with Gasteiger partial charge in [0, 0.05) is 0 Å². The van der Waals surface area contributed by atoms with Gasteiger partial charge in [0.2, 0.25) is 0 Å². The normalized spacial score (nSPS) is 15.2. The van der Waals surface area contributed by atoms with Crippen LogP contribution in [0, 0.1) is 0 Å². The van der Waals surface area contributed by atoms with Crippen molar-refractivity contribution < 1.29 is 0 Å². The summed E-state index contributed by atoms with van der Waals surface area (Å²) in [6.45, 7) is 15.5. The van der Waals surface area contributed by atoms with Crippen molar-refractivity contribution in [2.75, 3.05) is 0 Å². The van der Waals surface area contributed by atoms with Crippen molar-refractivity contribution in [3.8, 4) is 0 Å². The van der Waals surface area contributed by atoms with Gasteiger partial charge in [-0.05, 0) is 0 Å². The topological polar surface area (TPSA) is 0 Å². The number of hydrogen-bond donors (Lipinski definition) is 0. The Balaban J connectivity index is 5.02. The van der Waals surface area contributed by atoms with E-state index in [1.807, 2.05) is 0 Å². The molecule has 0 saturated heterocycles. The molecule has 0 aliphatic heterocycles. The molecule has 0 rings (SSSR count). The third-order valence-electron chi connectivity index (χ3n) is 2.60. The number of rotatable bonds is 3. The molecule has 0 atom stereocenters. The van der Waals surface area contributed by atoms with Gasteiger partial charge in [-0.3, -0.25) is 0 Å². The first-order valence-electron chi connectivity index (χ1n) is 5.37. The fraction of sp³-hybridized carbons (Fsp3) is 1.00. The standard InChI is InChI=1S/C7H19Si2.3CH3.Pb/c1-8(2,3)7-9(4,5)6;;;;/h7H,1-6H3;3*1H3;. The quantitative estimate of drug-likeness (QED) is 0.602. The first-order chi connectivity index (χ1) is 5.37. The average molecular weight is 412 g/mol. The average Bonchev–Trinajstić information content (AvgIpc) is 1.44. The van der Waals surface area contributed by atoms with Crippen molar-refractivity contribution in [1.29, 1.82) is 0 Å². The summed E-state index contributed by atoms with van der Waals surface area (Å²) in [4.78, 5) is 0. The summed E-state index contributed by atoms with van der Waals surface area (Å²) >= 11 is -1.80. The van der Waals surface area contributed by atoms with Crippen molar-refractivity contribution in [2.24, 2.45) is 0 Å². The van der Waals surface area contributed by atoms with Gasteiger partial charge in [-0.1, -0.05) is 0 Å². The zero-order chi connectivity index (χ0) is 11.1. The van der Waals surface area contributed by atoms with Gasteiger partial charge >= 0.3 is 92.8 Å². The van der Waals surface area contributed by atoms with Crippen molar-refractivity contribution in [1.82, 2.24) is 0 Å². The molecule has 3 heteroatoms. The van der Waals surface area contributed by atoms with Gasteiger partial charge in [0.25, 0.3) is 0 Å². The number of hydrogen-bond acceptors (Lipinski definition) is 0. The Hall–Kier alpha value is 1.36. The van der Waals surface area contributed by atoms with E-state index in [4.69, 9.17) is 0 Å². The molecule has 0 spiro atoms. The molecule has 0 fully saturated rings. The van der Waals surface area contributed by atoms with Crippen LogP contribution in [0.4, 0.5) is 0 Å². The Morgan fingerprint density at radius 2 is 0.923 bits per heavy atom. The van der Waals surface area contributed by atoms with Crippen molar-refractivity contribution in [3.63, 3.8) is 0 Å². The van der Waals surface area contributed by atoms with Crippen molar-refractivity contribution in [2.45, 2.75) is 55.5 Å². The van der Waals surface area contributed by atoms with Crippen LogP contribution in [-0.4, -0.2) is 37.3 Å².